The second-order valence-electron chi connectivity index (χ2n) is 4.42. The van der Waals surface area contributed by atoms with Crippen LogP contribution >= 0.6 is 0 Å². The molecule has 0 aliphatic carbocycles. The van der Waals surface area contributed by atoms with E-state index in [4.69, 9.17) is 0 Å². The molecule has 1 aromatic rings. The quantitative estimate of drug-likeness (QED) is 0.783. The van der Waals surface area contributed by atoms with Crippen LogP contribution in [0.2, 0.25) is 0 Å². The molecule has 0 radical (unpaired) electrons. The van der Waals surface area contributed by atoms with Crippen molar-refractivity contribution in [2.75, 3.05) is 19.7 Å². The van der Waals surface area contributed by atoms with Gasteiger partial charge in [0.2, 0.25) is 0 Å². The second-order valence-corrected chi connectivity index (χ2v) is 4.42. The Morgan fingerprint density at radius 2 is 2.07 bits per heavy atom. The molecule has 2 nitrogen and oxygen atoms in total. The minimum atomic E-state index is -0.0354. The fourth-order valence-electron chi connectivity index (χ4n) is 2.31. The zero-order chi connectivity index (χ0) is 10.7. The molecule has 0 amide bonds. The second kappa shape index (κ2) is 4.33. The van der Waals surface area contributed by atoms with Crippen LogP contribution < -0.4 is 5.32 Å². The van der Waals surface area contributed by atoms with Gasteiger partial charge in [0.15, 0.2) is 0 Å². The SMILES string of the molecule is CCc1ccc(C2(CO)CCNC2)cc1. The van der Waals surface area contributed by atoms with Gasteiger partial charge in [0, 0.05) is 12.0 Å². The van der Waals surface area contributed by atoms with Gasteiger partial charge >= 0.3 is 0 Å². The molecule has 1 saturated heterocycles. The van der Waals surface area contributed by atoms with Gasteiger partial charge in [0.25, 0.3) is 0 Å². The summed E-state index contributed by atoms with van der Waals surface area (Å²) in [6.07, 6.45) is 2.11. The predicted octanol–water partition coefficient (Wildman–Crippen LogP) is 1.47. The number of hydrogen-bond acceptors (Lipinski definition) is 2. The van der Waals surface area contributed by atoms with Gasteiger partial charge in [-0.3, -0.25) is 0 Å². The monoisotopic (exact) mass is 205 g/mol. The molecule has 1 atom stereocenters. The lowest BCUT2D eigenvalue weighted by Gasteiger charge is -2.26. The first kappa shape index (κ1) is 10.7. The Morgan fingerprint density at radius 3 is 2.53 bits per heavy atom. The molecule has 2 N–H and O–H groups in total. The standard InChI is InChI=1S/C13H19NO/c1-2-11-3-5-12(6-4-11)13(10-15)7-8-14-9-13/h3-6,14-15H,2,7-10H2,1H3. The maximum atomic E-state index is 9.56. The summed E-state index contributed by atoms with van der Waals surface area (Å²) in [5, 5.41) is 12.9. The molecule has 0 aromatic heterocycles. The smallest absolute Gasteiger partial charge is 0.0540 e. The lowest BCUT2D eigenvalue weighted by Crippen LogP contribution is -2.32. The van der Waals surface area contributed by atoms with Crippen molar-refractivity contribution in [1.29, 1.82) is 0 Å². The number of benzene rings is 1. The fraction of sp³-hybridized carbons (Fsp3) is 0.538. The normalized spacial score (nSPS) is 25.7. The topological polar surface area (TPSA) is 32.3 Å². The van der Waals surface area contributed by atoms with E-state index in [0.717, 1.165) is 25.9 Å². The van der Waals surface area contributed by atoms with E-state index < -0.39 is 0 Å². The molecule has 2 rings (SSSR count). The van der Waals surface area contributed by atoms with Gasteiger partial charge in [-0.1, -0.05) is 31.2 Å². The average Bonchev–Trinajstić information content (AvgIpc) is 2.79. The van der Waals surface area contributed by atoms with Crippen LogP contribution in [0.4, 0.5) is 0 Å². The average molecular weight is 205 g/mol. The number of rotatable bonds is 3. The molecule has 82 valence electrons. The number of aliphatic hydroxyl groups excluding tert-OH is 1. The van der Waals surface area contributed by atoms with Crippen molar-refractivity contribution in [3.05, 3.63) is 35.4 Å². The summed E-state index contributed by atoms with van der Waals surface area (Å²) < 4.78 is 0. The van der Waals surface area contributed by atoms with E-state index in [1.54, 1.807) is 0 Å². The summed E-state index contributed by atoms with van der Waals surface area (Å²) >= 11 is 0. The molecule has 1 unspecified atom stereocenters. The minimum Gasteiger partial charge on any atom is -0.395 e. The van der Waals surface area contributed by atoms with Crippen molar-refractivity contribution in [3.8, 4) is 0 Å². The maximum Gasteiger partial charge on any atom is 0.0540 e. The van der Waals surface area contributed by atoms with Crippen LogP contribution in [0.1, 0.15) is 24.5 Å². The predicted molar refractivity (Wildman–Crippen MR) is 62.1 cm³/mol. The Hall–Kier alpha value is -0.860. The summed E-state index contributed by atoms with van der Waals surface area (Å²) in [4.78, 5) is 0. The molecule has 0 saturated carbocycles. The van der Waals surface area contributed by atoms with E-state index >= 15 is 0 Å². The van der Waals surface area contributed by atoms with E-state index in [1.807, 2.05) is 0 Å². The summed E-state index contributed by atoms with van der Waals surface area (Å²) in [5.74, 6) is 0. The zero-order valence-corrected chi connectivity index (χ0v) is 9.29. The minimum absolute atomic E-state index is 0.0354. The summed E-state index contributed by atoms with van der Waals surface area (Å²) in [7, 11) is 0. The van der Waals surface area contributed by atoms with Crippen molar-refractivity contribution in [2.45, 2.75) is 25.2 Å². The summed E-state index contributed by atoms with van der Waals surface area (Å²) in [6.45, 7) is 4.31. The number of aliphatic hydroxyl groups is 1. The Labute approximate surface area is 91.3 Å². The molecule has 1 aromatic carbocycles. The largest absolute Gasteiger partial charge is 0.395 e. The van der Waals surface area contributed by atoms with Gasteiger partial charge in [-0.15, -0.1) is 0 Å². The third kappa shape index (κ3) is 1.92. The lowest BCUT2D eigenvalue weighted by molar-refractivity contribution is 0.205. The maximum absolute atomic E-state index is 9.56. The zero-order valence-electron chi connectivity index (χ0n) is 9.29. The van der Waals surface area contributed by atoms with Gasteiger partial charge in [-0.05, 0) is 30.5 Å². The van der Waals surface area contributed by atoms with Crippen LogP contribution in [0.5, 0.6) is 0 Å². The molecule has 15 heavy (non-hydrogen) atoms. The Bertz CT molecular complexity index is 312. The van der Waals surface area contributed by atoms with E-state index in [9.17, 15) is 5.11 Å². The van der Waals surface area contributed by atoms with Crippen LogP contribution in [0.25, 0.3) is 0 Å². The van der Waals surface area contributed by atoms with E-state index in [2.05, 4.69) is 36.5 Å². The lowest BCUT2D eigenvalue weighted by atomic mass is 9.80. The highest BCUT2D eigenvalue weighted by Crippen LogP contribution is 2.30. The highest BCUT2D eigenvalue weighted by molar-refractivity contribution is 5.31. The molecular weight excluding hydrogens is 186 g/mol. The first-order valence-corrected chi connectivity index (χ1v) is 5.72. The molecule has 1 aliphatic rings. The Balaban J connectivity index is 2.26. The Kier molecular flexibility index (Phi) is 3.08. The van der Waals surface area contributed by atoms with Gasteiger partial charge in [0.05, 0.1) is 6.61 Å². The molecule has 1 aliphatic heterocycles. The van der Waals surface area contributed by atoms with Crippen molar-refractivity contribution in [2.24, 2.45) is 0 Å². The van der Waals surface area contributed by atoms with E-state index in [-0.39, 0.29) is 12.0 Å². The molecule has 1 heterocycles. The van der Waals surface area contributed by atoms with E-state index in [1.165, 1.54) is 11.1 Å². The van der Waals surface area contributed by atoms with Crippen LogP contribution in [0.15, 0.2) is 24.3 Å². The molecule has 0 spiro atoms. The summed E-state index contributed by atoms with van der Waals surface area (Å²) in [5.41, 5.74) is 2.59. The molecule has 0 bridgehead atoms. The molecular formula is C13H19NO. The van der Waals surface area contributed by atoms with Gasteiger partial charge in [0.1, 0.15) is 0 Å². The van der Waals surface area contributed by atoms with Crippen molar-refractivity contribution >= 4 is 0 Å². The first-order chi connectivity index (χ1) is 7.30. The van der Waals surface area contributed by atoms with Crippen LogP contribution in [0.3, 0.4) is 0 Å². The van der Waals surface area contributed by atoms with Gasteiger partial charge < -0.3 is 10.4 Å². The van der Waals surface area contributed by atoms with Gasteiger partial charge in [-0.25, -0.2) is 0 Å². The molecule has 2 heteroatoms. The van der Waals surface area contributed by atoms with Crippen molar-refractivity contribution in [3.63, 3.8) is 0 Å². The fourth-order valence-corrected chi connectivity index (χ4v) is 2.31. The summed E-state index contributed by atoms with van der Waals surface area (Å²) in [6, 6.07) is 8.68. The molecule has 1 fully saturated rings. The number of nitrogens with one attached hydrogen (secondary N) is 1. The Morgan fingerprint density at radius 1 is 1.33 bits per heavy atom. The van der Waals surface area contributed by atoms with E-state index in [0.29, 0.717) is 0 Å². The first-order valence-electron chi connectivity index (χ1n) is 5.72. The highest BCUT2D eigenvalue weighted by atomic mass is 16.3. The third-order valence-electron chi connectivity index (χ3n) is 3.52. The number of aryl methyl sites for hydroxylation is 1. The third-order valence-corrected chi connectivity index (χ3v) is 3.52. The van der Waals surface area contributed by atoms with Crippen LogP contribution in [0, 0.1) is 0 Å². The van der Waals surface area contributed by atoms with Crippen molar-refractivity contribution in [1.82, 2.24) is 5.32 Å². The van der Waals surface area contributed by atoms with Crippen LogP contribution in [-0.4, -0.2) is 24.8 Å². The van der Waals surface area contributed by atoms with Crippen molar-refractivity contribution < 1.29 is 5.11 Å². The van der Waals surface area contributed by atoms with Gasteiger partial charge in [-0.2, -0.15) is 0 Å². The number of hydrogen-bond donors (Lipinski definition) is 2. The van der Waals surface area contributed by atoms with Crippen LogP contribution in [-0.2, 0) is 11.8 Å². The highest BCUT2D eigenvalue weighted by Gasteiger charge is 2.34.